The van der Waals surface area contributed by atoms with Crippen molar-refractivity contribution in [2.75, 3.05) is 10.6 Å². The second kappa shape index (κ2) is 7.80. The molecule has 0 fully saturated rings. The summed E-state index contributed by atoms with van der Waals surface area (Å²) in [5.41, 5.74) is 2.59. The molecule has 164 valence electrons. The second-order valence-electron chi connectivity index (χ2n) is 7.83. The molecule has 0 radical (unpaired) electrons. The molecule has 4 aromatic rings. The van der Waals surface area contributed by atoms with Gasteiger partial charge in [0.1, 0.15) is 0 Å². The summed E-state index contributed by atoms with van der Waals surface area (Å²) >= 11 is 5.54. The van der Waals surface area contributed by atoms with E-state index in [0.717, 1.165) is 11.4 Å². The highest BCUT2D eigenvalue weighted by Gasteiger charge is 2.30. The molecule has 2 N–H and O–H groups in total. The lowest BCUT2D eigenvalue weighted by Gasteiger charge is -2.19. The minimum atomic E-state index is -0.402. The van der Waals surface area contributed by atoms with Crippen molar-refractivity contribution in [3.05, 3.63) is 43.3 Å². The Kier molecular flexibility index (Phi) is 5.19. The van der Waals surface area contributed by atoms with Crippen molar-refractivity contribution in [2.45, 2.75) is 39.5 Å². The van der Waals surface area contributed by atoms with E-state index < -0.39 is 5.41 Å². The van der Waals surface area contributed by atoms with Gasteiger partial charge in [0.15, 0.2) is 32.1 Å². The molecular formula is C20H18N6O2S4. The van der Waals surface area contributed by atoms with Gasteiger partial charge in [-0.25, -0.2) is 19.9 Å². The largest absolute Gasteiger partial charge is 0.307 e. The highest BCUT2D eigenvalue weighted by Crippen LogP contribution is 2.38. The SMILES string of the molecule is CC(=O)c1sc2nc1Cc1nc(sc1C(C)=O)Nc1nc(cs1)C(C)(C)c1csc(n1)N2. The average Bonchev–Trinajstić information content (AvgIpc) is 3.49. The van der Waals surface area contributed by atoms with Gasteiger partial charge in [0.05, 0.1) is 37.9 Å². The molecule has 0 unspecified atom stereocenters. The Morgan fingerprint density at radius 1 is 0.781 bits per heavy atom. The monoisotopic (exact) mass is 502 g/mol. The first-order valence-corrected chi connectivity index (χ1v) is 13.1. The molecule has 4 aromatic heterocycles. The molecule has 5 rings (SSSR count). The van der Waals surface area contributed by atoms with E-state index in [-0.39, 0.29) is 11.6 Å². The summed E-state index contributed by atoms with van der Waals surface area (Å²) in [7, 11) is 0. The quantitative estimate of drug-likeness (QED) is 0.339. The maximum Gasteiger partial charge on any atom is 0.189 e. The number of Topliss-reactive ketones (excluding diaryl/α,β-unsaturated/α-hetero) is 2. The molecule has 0 atom stereocenters. The molecule has 0 spiro atoms. The number of aromatic nitrogens is 4. The fourth-order valence-electron chi connectivity index (χ4n) is 3.31. The molecule has 0 aromatic carbocycles. The first-order valence-electron chi connectivity index (χ1n) is 9.68. The third kappa shape index (κ3) is 3.76. The number of thiazole rings is 4. The third-order valence-corrected chi connectivity index (χ3v) is 8.83. The Morgan fingerprint density at radius 2 is 1.22 bits per heavy atom. The normalized spacial score (nSPS) is 14.5. The number of hydrogen-bond acceptors (Lipinski definition) is 12. The maximum atomic E-state index is 12.3. The smallest absolute Gasteiger partial charge is 0.189 e. The molecule has 0 aliphatic carbocycles. The Balaban J connectivity index is 1.67. The van der Waals surface area contributed by atoms with E-state index in [1.165, 1.54) is 59.2 Å². The molecule has 5 heterocycles. The lowest BCUT2D eigenvalue weighted by Crippen LogP contribution is -2.20. The standard InChI is InChI=1S/C20H18N6O2S4/c1-8(27)14-10-5-11-15(9(2)28)32-19(22-11)26-17-24-13(7-30-17)20(3,4)12-6-29-16(23-12)25-18(21-10)31-14/h6-7H,5H2,1-4H3,(H,21,23,25)(H,22,24,26). The molecule has 1 aliphatic rings. The molecule has 8 nitrogen and oxygen atoms in total. The van der Waals surface area contributed by atoms with E-state index in [1.54, 1.807) is 0 Å². The summed E-state index contributed by atoms with van der Waals surface area (Å²) in [6.45, 7) is 7.21. The number of fused-ring (bicyclic) bond motifs is 8. The number of nitrogens with one attached hydrogen (secondary N) is 2. The van der Waals surface area contributed by atoms with Crippen LogP contribution in [0.5, 0.6) is 0 Å². The van der Waals surface area contributed by atoms with Gasteiger partial charge in [-0.05, 0) is 13.8 Å². The predicted molar refractivity (Wildman–Crippen MR) is 130 cm³/mol. The van der Waals surface area contributed by atoms with Crippen LogP contribution in [0.15, 0.2) is 10.8 Å². The summed E-state index contributed by atoms with van der Waals surface area (Å²) in [5, 5.41) is 13.1. The first kappa shape index (κ1) is 21.3. The van der Waals surface area contributed by atoms with Gasteiger partial charge in [-0.1, -0.05) is 22.7 Å². The van der Waals surface area contributed by atoms with Crippen molar-refractivity contribution in [3.63, 3.8) is 0 Å². The molecule has 1 aliphatic heterocycles. The van der Waals surface area contributed by atoms with Crippen LogP contribution < -0.4 is 10.6 Å². The summed E-state index contributed by atoms with van der Waals surface area (Å²) in [6, 6.07) is 0. The van der Waals surface area contributed by atoms with Crippen molar-refractivity contribution in [2.24, 2.45) is 0 Å². The Hall–Kier alpha value is -2.54. The van der Waals surface area contributed by atoms with E-state index in [4.69, 9.17) is 9.97 Å². The summed E-state index contributed by atoms with van der Waals surface area (Å²) in [6.07, 6.45) is 0.291. The van der Waals surface area contributed by atoms with Gasteiger partial charge in [0, 0.05) is 31.0 Å². The van der Waals surface area contributed by atoms with Gasteiger partial charge in [-0.2, -0.15) is 0 Å². The van der Waals surface area contributed by atoms with Crippen molar-refractivity contribution in [1.82, 2.24) is 19.9 Å². The molecule has 12 heteroatoms. The van der Waals surface area contributed by atoms with Crippen LogP contribution in [0, 0.1) is 0 Å². The number of carbonyl (C=O) groups is 2. The van der Waals surface area contributed by atoms with Crippen LogP contribution in [-0.4, -0.2) is 31.5 Å². The van der Waals surface area contributed by atoms with Gasteiger partial charge in [-0.3, -0.25) is 9.59 Å². The number of hydrogen-bond donors (Lipinski definition) is 2. The highest BCUT2D eigenvalue weighted by molar-refractivity contribution is 7.19. The fourth-order valence-corrected chi connectivity index (χ4v) is 6.95. The highest BCUT2D eigenvalue weighted by atomic mass is 32.1. The average molecular weight is 503 g/mol. The van der Waals surface area contributed by atoms with Crippen molar-refractivity contribution < 1.29 is 9.59 Å². The minimum Gasteiger partial charge on any atom is -0.307 e. The van der Waals surface area contributed by atoms with Gasteiger partial charge < -0.3 is 10.6 Å². The molecule has 0 amide bonds. The molecule has 0 saturated carbocycles. The van der Waals surface area contributed by atoms with Crippen molar-refractivity contribution in [3.8, 4) is 0 Å². The summed E-state index contributed by atoms with van der Waals surface area (Å²) < 4.78 is 0. The van der Waals surface area contributed by atoms with Crippen LogP contribution in [0.2, 0.25) is 0 Å². The van der Waals surface area contributed by atoms with E-state index >= 15 is 0 Å². The lowest BCUT2D eigenvalue weighted by atomic mass is 9.87. The number of rotatable bonds is 2. The van der Waals surface area contributed by atoms with Crippen LogP contribution in [0.25, 0.3) is 0 Å². The van der Waals surface area contributed by atoms with Crippen LogP contribution in [0.1, 0.15) is 69.8 Å². The Bertz CT molecular complexity index is 1260. The first-order chi connectivity index (χ1) is 15.2. The Labute approximate surface area is 199 Å². The third-order valence-electron chi connectivity index (χ3n) is 5.09. The maximum absolute atomic E-state index is 12.3. The van der Waals surface area contributed by atoms with Crippen LogP contribution in [-0.2, 0) is 11.8 Å². The summed E-state index contributed by atoms with van der Waals surface area (Å²) in [5.74, 6) is -0.144. The van der Waals surface area contributed by atoms with Gasteiger partial charge in [-0.15, -0.1) is 22.7 Å². The molecule has 32 heavy (non-hydrogen) atoms. The van der Waals surface area contributed by atoms with E-state index in [9.17, 15) is 9.59 Å². The minimum absolute atomic E-state index is 0.0719. The van der Waals surface area contributed by atoms with Gasteiger partial charge in [0.2, 0.25) is 0 Å². The van der Waals surface area contributed by atoms with E-state index in [2.05, 4.69) is 34.4 Å². The van der Waals surface area contributed by atoms with E-state index in [1.807, 2.05) is 10.8 Å². The van der Waals surface area contributed by atoms with Gasteiger partial charge in [0.25, 0.3) is 0 Å². The lowest BCUT2D eigenvalue weighted by molar-refractivity contribution is 0.101. The van der Waals surface area contributed by atoms with Crippen molar-refractivity contribution >= 4 is 77.4 Å². The van der Waals surface area contributed by atoms with E-state index in [0.29, 0.717) is 48.1 Å². The zero-order valence-corrected chi connectivity index (χ0v) is 20.9. The van der Waals surface area contributed by atoms with Gasteiger partial charge >= 0.3 is 0 Å². The topological polar surface area (TPSA) is 110 Å². The molecule has 0 saturated heterocycles. The number of ketones is 2. The zero-order valence-electron chi connectivity index (χ0n) is 17.6. The zero-order chi connectivity index (χ0) is 22.6. The second-order valence-corrected chi connectivity index (χ2v) is 11.5. The number of anilines is 4. The number of carbonyl (C=O) groups excluding carboxylic acids is 2. The predicted octanol–water partition coefficient (Wildman–Crippen LogP) is 5.64. The Morgan fingerprint density at radius 3 is 1.62 bits per heavy atom. The van der Waals surface area contributed by atoms with Crippen LogP contribution >= 0.6 is 45.3 Å². The number of nitrogens with zero attached hydrogens (tertiary/aromatic N) is 4. The van der Waals surface area contributed by atoms with Crippen LogP contribution in [0.3, 0.4) is 0 Å². The molecular weight excluding hydrogens is 485 g/mol. The van der Waals surface area contributed by atoms with Crippen LogP contribution in [0.4, 0.5) is 20.5 Å². The molecule has 8 bridgehead atoms. The fraction of sp³-hybridized carbons (Fsp3) is 0.300. The summed E-state index contributed by atoms with van der Waals surface area (Å²) in [4.78, 5) is 44.5. The van der Waals surface area contributed by atoms with Crippen molar-refractivity contribution in [1.29, 1.82) is 0 Å².